The first-order valence-electron chi connectivity index (χ1n) is 7.11. The molecule has 0 amide bonds. The van der Waals surface area contributed by atoms with E-state index in [0.29, 0.717) is 11.6 Å². The molecule has 3 N–H and O–H groups in total. The van der Waals surface area contributed by atoms with Gasteiger partial charge in [0.25, 0.3) is 0 Å². The van der Waals surface area contributed by atoms with Gasteiger partial charge in [-0.2, -0.15) is 10.1 Å². The molecule has 10 nitrogen and oxygen atoms in total. The molecule has 3 rings (SSSR count). The maximum absolute atomic E-state index is 12.3. The number of hydrogen-bond donors (Lipinski definition) is 2. The summed E-state index contributed by atoms with van der Waals surface area (Å²) in [4.78, 5) is 10.6. The zero-order valence-corrected chi connectivity index (χ0v) is 12.4. The number of nitrogens with zero attached hydrogens (tertiary/aromatic N) is 5. The molecule has 7 atom stereocenters. The van der Waals surface area contributed by atoms with Crippen molar-refractivity contribution in [3.63, 3.8) is 0 Å². The molecule has 120 valence electrons. The van der Waals surface area contributed by atoms with Crippen LogP contribution >= 0.6 is 0 Å². The number of nitroso groups, excluding NO2 is 1. The lowest BCUT2D eigenvalue weighted by Gasteiger charge is -2.56. The van der Waals surface area contributed by atoms with E-state index < -0.39 is 16.9 Å². The Bertz CT molecular complexity index is 434. The molecule has 1 heterocycles. The second-order valence-corrected chi connectivity index (χ2v) is 6.56. The Morgan fingerprint density at radius 3 is 2.76 bits per heavy atom. The third-order valence-electron chi connectivity index (χ3n) is 5.45. The van der Waals surface area contributed by atoms with Crippen molar-refractivity contribution in [3.05, 3.63) is 16.0 Å². The molecule has 7 unspecified atom stereocenters. The number of hydroxylamine groups is 2. The number of quaternary nitrogens is 1. The Kier molecular flexibility index (Phi) is 3.54. The number of nitrogens with one attached hydrogen (secondary N) is 2. The fourth-order valence-electron chi connectivity index (χ4n) is 4.47. The van der Waals surface area contributed by atoms with Crippen LogP contribution in [0.3, 0.4) is 0 Å². The molecule has 1 aliphatic heterocycles. The average molecular weight is 300 g/mol. The van der Waals surface area contributed by atoms with E-state index in [2.05, 4.69) is 10.7 Å². The molecular formula is C11H22N7O3-. The van der Waals surface area contributed by atoms with Crippen molar-refractivity contribution in [1.82, 2.24) is 20.7 Å². The van der Waals surface area contributed by atoms with Gasteiger partial charge in [-0.15, -0.1) is 5.01 Å². The zero-order chi connectivity index (χ0) is 15.5. The Labute approximate surface area is 123 Å². The van der Waals surface area contributed by atoms with E-state index >= 15 is 0 Å². The number of hydrazine groups is 1. The van der Waals surface area contributed by atoms with Crippen LogP contribution in [0.15, 0.2) is 5.18 Å². The van der Waals surface area contributed by atoms with Crippen LogP contribution in [0.2, 0.25) is 0 Å². The molecule has 0 radical (unpaired) electrons. The van der Waals surface area contributed by atoms with Crippen LogP contribution in [-0.2, 0) is 0 Å². The molecule has 0 aromatic heterocycles. The minimum absolute atomic E-state index is 0.135. The van der Waals surface area contributed by atoms with E-state index in [0.717, 1.165) is 6.42 Å². The summed E-state index contributed by atoms with van der Waals surface area (Å²) in [5, 5.41) is 29.4. The molecule has 2 saturated carbocycles. The van der Waals surface area contributed by atoms with Gasteiger partial charge in [0.15, 0.2) is 0 Å². The van der Waals surface area contributed by atoms with Crippen molar-refractivity contribution in [2.75, 3.05) is 21.1 Å². The van der Waals surface area contributed by atoms with E-state index in [1.165, 1.54) is 12.1 Å². The van der Waals surface area contributed by atoms with Gasteiger partial charge in [-0.05, 0) is 30.7 Å². The molecule has 21 heavy (non-hydrogen) atoms. The third-order valence-corrected chi connectivity index (χ3v) is 5.45. The van der Waals surface area contributed by atoms with E-state index in [-0.39, 0.29) is 23.9 Å². The highest BCUT2D eigenvalue weighted by molar-refractivity contribution is 5.11. The van der Waals surface area contributed by atoms with Crippen LogP contribution in [0.5, 0.6) is 0 Å². The molecule has 2 bridgehead atoms. The van der Waals surface area contributed by atoms with E-state index in [1.807, 2.05) is 0 Å². The van der Waals surface area contributed by atoms with Crippen LogP contribution in [0.4, 0.5) is 0 Å². The first-order chi connectivity index (χ1) is 9.77. The summed E-state index contributed by atoms with van der Waals surface area (Å²) in [6.45, 7) is 0. The molecule has 1 saturated heterocycles. The lowest BCUT2D eigenvalue weighted by Crippen LogP contribution is -2.78. The monoisotopic (exact) mass is 300 g/mol. The van der Waals surface area contributed by atoms with Gasteiger partial charge in [0.2, 0.25) is 0 Å². The Morgan fingerprint density at radius 2 is 2.19 bits per heavy atom. The smallest absolute Gasteiger partial charge is 0.140 e. The Hall–Kier alpha value is -0.720. The Balaban J connectivity index is 1.95. The zero-order valence-electron chi connectivity index (χ0n) is 12.4. The maximum Gasteiger partial charge on any atom is 0.140 e. The number of rotatable bonds is 2. The highest BCUT2D eigenvalue weighted by Gasteiger charge is 2.59. The van der Waals surface area contributed by atoms with Crippen LogP contribution in [0, 0.1) is 22.0 Å². The van der Waals surface area contributed by atoms with Gasteiger partial charge < -0.3 is 16.1 Å². The van der Waals surface area contributed by atoms with Crippen molar-refractivity contribution in [1.29, 1.82) is 0 Å². The van der Waals surface area contributed by atoms with E-state index in [4.69, 9.17) is 5.84 Å². The molecule has 0 spiro atoms. The lowest BCUT2D eigenvalue weighted by molar-refractivity contribution is -1.22. The fraction of sp³-hybridized carbons (Fsp3) is 1.00. The Morgan fingerprint density at radius 1 is 1.52 bits per heavy atom. The topological polar surface area (TPSA) is 118 Å². The third kappa shape index (κ3) is 2.11. The van der Waals surface area contributed by atoms with Gasteiger partial charge in [-0.3, -0.25) is 5.17 Å². The van der Waals surface area contributed by atoms with Crippen LogP contribution < -0.4 is 5.53 Å². The summed E-state index contributed by atoms with van der Waals surface area (Å²) in [6, 6.07) is -1.46. The van der Waals surface area contributed by atoms with Crippen molar-refractivity contribution in [2.45, 2.75) is 37.0 Å². The first kappa shape index (κ1) is 15.2. The van der Waals surface area contributed by atoms with Crippen molar-refractivity contribution < 1.29 is 10.1 Å². The summed E-state index contributed by atoms with van der Waals surface area (Å²) >= 11 is 0. The molecule has 2 aliphatic carbocycles. The van der Waals surface area contributed by atoms with Crippen molar-refractivity contribution >= 4 is 0 Å². The SMILES string of the molecule is CN([NH-])C1C2CC(C1N=O)C1C(C2)N(C)[N+](C)(O)NN1[O-]. The number of fused-ring (bicyclic) bond motifs is 4. The van der Waals surface area contributed by atoms with Gasteiger partial charge in [0.1, 0.15) is 13.1 Å². The molecule has 3 aliphatic rings. The average Bonchev–Trinajstić information content (AvgIpc) is 2.67. The van der Waals surface area contributed by atoms with E-state index in [9.17, 15) is 15.3 Å². The van der Waals surface area contributed by atoms with Crippen LogP contribution in [0.25, 0.3) is 5.84 Å². The molecule has 10 heteroatoms. The highest BCUT2D eigenvalue weighted by atomic mass is 16.7. The number of hydrogen-bond acceptors (Lipinski definition) is 8. The summed E-state index contributed by atoms with van der Waals surface area (Å²) in [5.41, 5.74) is 2.47. The first-order valence-corrected chi connectivity index (χ1v) is 7.11. The summed E-state index contributed by atoms with van der Waals surface area (Å²) in [6.07, 6.45) is 1.38. The standard InChI is InChI=1S/C11H22N7O3/c1-15(12)10-6-4-7(9(10)13-19)11-8(5-6)16(2)18(3,21)14-17(11)20/h6-12,14,21H,4-5H2,1-3H3/q-1. The normalized spacial score (nSPS) is 51.2. The van der Waals surface area contributed by atoms with Crippen LogP contribution in [-0.4, -0.2) is 70.6 Å². The molecule has 0 aromatic carbocycles. The minimum atomic E-state index is -0.718. The van der Waals surface area contributed by atoms with Gasteiger partial charge in [0.05, 0.1) is 6.04 Å². The van der Waals surface area contributed by atoms with Gasteiger partial charge in [-0.1, -0.05) is 10.7 Å². The highest BCUT2D eigenvalue weighted by Crippen LogP contribution is 2.49. The summed E-state index contributed by atoms with van der Waals surface area (Å²) in [5.74, 6) is 7.80. The molecule has 3 fully saturated rings. The number of likely N-dealkylation sites (N-methyl/N-ethyl adjacent to an activating group) is 2. The molecular weight excluding hydrogens is 278 g/mol. The fourth-order valence-corrected chi connectivity index (χ4v) is 4.47. The van der Waals surface area contributed by atoms with Crippen LogP contribution in [0.1, 0.15) is 12.8 Å². The second kappa shape index (κ2) is 4.89. The minimum Gasteiger partial charge on any atom is -0.768 e. The summed E-state index contributed by atoms with van der Waals surface area (Å²) < 4.78 is 0. The summed E-state index contributed by atoms with van der Waals surface area (Å²) in [7, 11) is 4.84. The predicted octanol–water partition coefficient (Wildman–Crippen LogP) is 0.0816. The largest absolute Gasteiger partial charge is 0.768 e. The van der Waals surface area contributed by atoms with E-state index in [1.54, 1.807) is 19.1 Å². The van der Waals surface area contributed by atoms with Crippen molar-refractivity contribution in [3.8, 4) is 0 Å². The second-order valence-electron chi connectivity index (χ2n) is 6.56. The van der Waals surface area contributed by atoms with Gasteiger partial charge in [0, 0.05) is 25.0 Å². The quantitative estimate of drug-likeness (QED) is 0.421. The molecule has 0 aromatic rings. The van der Waals surface area contributed by atoms with Gasteiger partial charge >= 0.3 is 0 Å². The maximum atomic E-state index is 12.3. The lowest BCUT2D eigenvalue weighted by atomic mass is 9.80. The van der Waals surface area contributed by atoms with Crippen molar-refractivity contribution in [2.24, 2.45) is 17.0 Å². The van der Waals surface area contributed by atoms with Gasteiger partial charge in [-0.25, -0.2) is 0 Å². The predicted molar refractivity (Wildman–Crippen MR) is 73.3 cm³/mol.